The Bertz CT molecular complexity index is 797. The predicted octanol–water partition coefficient (Wildman–Crippen LogP) is 3.48. The van der Waals surface area contributed by atoms with Gasteiger partial charge in [-0.3, -0.25) is 14.2 Å². The summed E-state index contributed by atoms with van der Waals surface area (Å²) < 4.78 is 29.8. The Balaban J connectivity index is 1.53. The van der Waals surface area contributed by atoms with Gasteiger partial charge in [-0.1, -0.05) is 0 Å². The van der Waals surface area contributed by atoms with E-state index in [4.69, 9.17) is 0 Å². The van der Waals surface area contributed by atoms with E-state index in [1.807, 2.05) is 24.6 Å². The number of halogens is 3. The number of hydrogen-bond donors (Lipinski definition) is 1. The molecule has 1 N–H and O–H groups in total. The number of hydrogen-bond acceptors (Lipinski definition) is 3. The molecule has 142 valence electrons. The van der Waals surface area contributed by atoms with Gasteiger partial charge in [0.1, 0.15) is 12.2 Å². The first-order chi connectivity index (χ1) is 12.4. The Morgan fingerprint density at radius 3 is 2.65 bits per heavy atom. The van der Waals surface area contributed by atoms with Crippen LogP contribution >= 0.6 is 15.9 Å². The SMILES string of the molecule is Cc1cc(C)n(CCCNC(=O)Cn2nc(C(F)F)c(Br)c2C2CC2)n1. The fraction of sp³-hybridized carbons (Fsp3) is 0.588. The highest BCUT2D eigenvalue weighted by molar-refractivity contribution is 9.10. The highest BCUT2D eigenvalue weighted by Gasteiger charge is 2.34. The summed E-state index contributed by atoms with van der Waals surface area (Å²) in [5, 5.41) is 11.1. The Labute approximate surface area is 159 Å². The summed E-state index contributed by atoms with van der Waals surface area (Å²) in [4.78, 5) is 12.2. The number of carbonyl (C=O) groups excluding carboxylic acids is 1. The van der Waals surface area contributed by atoms with Crippen LogP contribution in [0.25, 0.3) is 0 Å². The molecular weight excluding hydrogens is 408 g/mol. The summed E-state index contributed by atoms with van der Waals surface area (Å²) in [6, 6.07) is 2.01. The number of aryl methyl sites for hydroxylation is 3. The fourth-order valence-corrected chi connectivity index (χ4v) is 3.81. The van der Waals surface area contributed by atoms with Crippen LogP contribution in [0.1, 0.15) is 54.4 Å². The molecule has 1 aliphatic rings. The summed E-state index contributed by atoms with van der Waals surface area (Å²) in [5.41, 5.74) is 2.48. The molecule has 3 rings (SSSR count). The Morgan fingerprint density at radius 2 is 2.08 bits per heavy atom. The summed E-state index contributed by atoms with van der Waals surface area (Å²) in [6.07, 6.45) is -0.0325. The third kappa shape index (κ3) is 4.31. The first-order valence-corrected chi connectivity index (χ1v) is 9.48. The second-order valence-electron chi connectivity index (χ2n) is 6.67. The minimum absolute atomic E-state index is 0.0446. The maximum Gasteiger partial charge on any atom is 0.283 e. The monoisotopic (exact) mass is 429 g/mol. The fourth-order valence-electron chi connectivity index (χ4n) is 3.03. The van der Waals surface area contributed by atoms with Crippen LogP contribution in [0.3, 0.4) is 0 Å². The molecule has 1 amide bonds. The van der Waals surface area contributed by atoms with Crippen LogP contribution in [0.2, 0.25) is 0 Å². The minimum Gasteiger partial charge on any atom is -0.354 e. The summed E-state index contributed by atoms with van der Waals surface area (Å²) in [7, 11) is 0. The Hall–Kier alpha value is -1.77. The van der Waals surface area contributed by atoms with Gasteiger partial charge >= 0.3 is 0 Å². The Kier molecular flexibility index (Phi) is 5.74. The molecule has 6 nitrogen and oxygen atoms in total. The molecular formula is C17H22BrF2N5O. The minimum atomic E-state index is -2.66. The molecule has 2 heterocycles. The molecule has 0 radical (unpaired) electrons. The normalized spacial score (nSPS) is 14.2. The zero-order chi connectivity index (χ0) is 18.8. The Morgan fingerprint density at radius 1 is 1.35 bits per heavy atom. The molecule has 0 spiro atoms. The van der Waals surface area contributed by atoms with Crippen molar-refractivity contribution in [2.75, 3.05) is 6.54 Å². The standard InChI is InChI=1S/C17H22BrF2N5O/c1-10-8-11(2)24(22-10)7-3-6-21-13(26)9-25-16(12-4-5-12)14(18)15(23-25)17(19)20/h8,12,17H,3-7,9H2,1-2H3,(H,21,26). The molecule has 0 bridgehead atoms. The average molecular weight is 430 g/mol. The van der Waals surface area contributed by atoms with Crippen molar-refractivity contribution in [2.24, 2.45) is 0 Å². The summed E-state index contributed by atoms with van der Waals surface area (Å²) >= 11 is 3.23. The molecule has 0 unspecified atom stereocenters. The lowest BCUT2D eigenvalue weighted by Gasteiger charge is -2.09. The van der Waals surface area contributed by atoms with Crippen molar-refractivity contribution in [1.29, 1.82) is 0 Å². The molecule has 1 saturated carbocycles. The zero-order valence-corrected chi connectivity index (χ0v) is 16.4. The molecule has 1 aliphatic carbocycles. The molecule has 2 aromatic rings. The highest BCUT2D eigenvalue weighted by Crippen LogP contribution is 2.45. The van der Waals surface area contributed by atoms with Crippen LogP contribution in [0, 0.1) is 13.8 Å². The van der Waals surface area contributed by atoms with Crippen molar-refractivity contribution in [2.45, 2.75) is 58.5 Å². The molecule has 0 aromatic carbocycles. The van der Waals surface area contributed by atoms with Crippen molar-refractivity contribution < 1.29 is 13.6 Å². The third-order valence-corrected chi connectivity index (χ3v) is 5.21. The van der Waals surface area contributed by atoms with Crippen molar-refractivity contribution >= 4 is 21.8 Å². The van der Waals surface area contributed by atoms with Crippen LogP contribution in [0.15, 0.2) is 10.5 Å². The number of carbonyl (C=O) groups is 1. The lowest BCUT2D eigenvalue weighted by atomic mass is 10.2. The van der Waals surface area contributed by atoms with Crippen molar-refractivity contribution in [3.63, 3.8) is 0 Å². The predicted molar refractivity (Wildman–Crippen MR) is 96.2 cm³/mol. The van der Waals surface area contributed by atoms with E-state index >= 15 is 0 Å². The van der Waals surface area contributed by atoms with Crippen LogP contribution in [-0.4, -0.2) is 32.0 Å². The number of nitrogens with one attached hydrogen (secondary N) is 1. The van der Waals surface area contributed by atoms with E-state index in [0.29, 0.717) is 16.7 Å². The van der Waals surface area contributed by atoms with Crippen LogP contribution < -0.4 is 5.32 Å². The van der Waals surface area contributed by atoms with Gasteiger partial charge in [-0.05, 0) is 55.1 Å². The number of amides is 1. The van der Waals surface area contributed by atoms with Crippen LogP contribution in [-0.2, 0) is 17.9 Å². The van der Waals surface area contributed by atoms with Crippen molar-refractivity contribution in [3.8, 4) is 0 Å². The molecule has 0 atom stereocenters. The largest absolute Gasteiger partial charge is 0.354 e. The maximum atomic E-state index is 13.1. The van der Waals surface area contributed by atoms with Gasteiger partial charge in [0.15, 0.2) is 0 Å². The molecule has 26 heavy (non-hydrogen) atoms. The van der Waals surface area contributed by atoms with E-state index in [-0.39, 0.29) is 24.1 Å². The zero-order valence-electron chi connectivity index (χ0n) is 14.8. The molecule has 2 aromatic heterocycles. The number of aromatic nitrogens is 4. The van der Waals surface area contributed by atoms with Gasteiger partial charge in [-0.2, -0.15) is 10.2 Å². The van der Waals surface area contributed by atoms with Gasteiger partial charge in [0, 0.05) is 24.7 Å². The second kappa shape index (κ2) is 7.85. The molecule has 9 heteroatoms. The van der Waals surface area contributed by atoms with E-state index < -0.39 is 6.43 Å². The number of rotatable bonds is 8. The highest BCUT2D eigenvalue weighted by atomic mass is 79.9. The smallest absolute Gasteiger partial charge is 0.283 e. The first kappa shape index (κ1) is 19.0. The quantitative estimate of drug-likeness (QED) is 0.653. The van der Waals surface area contributed by atoms with E-state index in [1.165, 1.54) is 4.68 Å². The topological polar surface area (TPSA) is 64.7 Å². The maximum absolute atomic E-state index is 13.1. The van der Waals surface area contributed by atoms with E-state index in [0.717, 1.165) is 37.2 Å². The van der Waals surface area contributed by atoms with Gasteiger partial charge in [-0.15, -0.1) is 0 Å². The van der Waals surface area contributed by atoms with Crippen molar-refractivity contribution in [3.05, 3.63) is 33.3 Å². The van der Waals surface area contributed by atoms with Crippen LogP contribution in [0.5, 0.6) is 0 Å². The van der Waals surface area contributed by atoms with Crippen LogP contribution in [0.4, 0.5) is 8.78 Å². The second-order valence-corrected chi connectivity index (χ2v) is 7.46. The summed E-state index contributed by atoms with van der Waals surface area (Å²) in [6.45, 7) is 5.11. The molecule has 0 aliphatic heterocycles. The van der Waals surface area contributed by atoms with Crippen molar-refractivity contribution in [1.82, 2.24) is 24.9 Å². The molecule has 0 saturated heterocycles. The van der Waals surface area contributed by atoms with Gasteiger partial charge in [0.05, 0.1) is 15.9 Å². The third-order valence-electron chi connectivity index (χ3n) is 4.39. The van der Waals surface area contributed by atoms with Gasteiger partial charge in [0.25, 0.3) is 6.43 Å². The first-order valence-electron chi connectivity index (χ1n) is 8.68. The van der Waals surface area contributed by atoms with Gasteiger partial charge < -0.3 is 5.32 Å². The lowest BCUT2D eigenvalue weighted by Crippen LogP contribution is -2.30. The number of alkyl halides is 2. The average Bonchev–Trinajstić information content (AvgIpc) is 3.27. The van der Waals surface area contributed by atoms with Gasteiger partial charge in [-0.25, -0.2) is 8.78 Å². The summed E-state index contributed by atoms with van der Waals surface area (Å²) in [5.74, 6) is -0.0145. The number of nitrogens with zero attached hydrogens (tertiary/aromatic N) is 4. The van der Waals surface area contributed by atoms with E-state index in [9.17, 15) is 13.6 Å². The lowest BCUT2D eigenvalue weighted by molar-refractivity contribution is -0.121. The van der Waals surface area contributed by atoms with E-state index in [1.54, 1.807) is 0 Å². The molecule has 1 fully saturated rings. The van der Waals surface area contributed by atoms with E-state index in [2.05, 4.69) is 31.4 Å². The van der Waals surface area contributed by atoms with Gasteiger partial charge in [0.2, 0.25) is 5.91 Å².